The summed E-state index contributed by atoms with van der Waals surface area (Å²) in [6.07, 6.45) is 0.497. The number of ether oxygens (including phenoxy) is 1. The number of hydrogen-bond donors (Lipinski definition) is 1. The normalized spacial score (nSPS) is 10.8. The van der Waals surface area contributed by atoms with E-state index in [0.29, 0.717) is 33.9 Å². The minimum atomic E-state index is -1.16. The third kappa shape index (κ3) is 3.92. The zero-order valence-corrected chi connectivity index (χ0v) is 18.0. The first kappa shape index (κ1) is 21.1. The molecule has 4 aromatic rings. The molecular weight excluding hydrogens is 408 g/mol. The number of anilines is 1. The first-order valence-corrected chi connectivity index (χ1v) is 10.0. The van der Waals surface area contributed by atoms with E-state index < -0.39 is 6.09 Å². The number of amides is 1. The average molecular weight is 430 g/mol. The number of methoxy groups -OCH3 is 1. The van der Waals surface area contributed by atoms with Crippen molar-refractivity contribution >= 4 is 22.7 Å². The van der Waals surface area contributed by atoms with Gasteiger partial charge in [0.05, 0.1) is 24.7 Å². The van der Waals surface area contributed by atoms with Gasteiger partial charge < -0.3 is 14.3 Å². The van der Waals surface area contributed by atoms with Crippen LogP contribution < -0.4 is 15.1 Å². The van der Waals surface area contributed by atoms with Crippen LogP contribution in [-0.4, -0.2) is 23.3 Å². The summed E-state index contributed by atoms with van der Waals surface area (Å²) >= 11 is 0. The zero-order valence-electron chi connectivity index (χ0n) is 18.0. The number of hydrogen-bond acceptors (Lipinski definition) is 5. The lowest BCUT2D eigenvalue weighted by Crippen LogP contribution is -2.29. The van der Waals surface area contributed by atoms with E-state index in [1.54, 1.807) is 25.4 Å². The molecule has 0 atom stereocenters. The number of rotatable bonds is 5. The van der Waals surface area contributed by atoms with Crippen LogP contribution in [0.2, 0.25) is 0 Å². The van der Waals surface area contributed by atoms with Gasteiger partial charge in [0, 0.05) is 34.6 Å². The van der Waals surface area contributed by atoms with Gasteiger partial charge in [0.1, 0.15) is 17.1 Å². The summed E-state index contributed by atoms with van der Waals surface area (Å²) in [6.45, 7) is 3.73. The number of carbonyl (C=O) groups is 1. The van der Waals surface area contributed by atoms with Crippen LogP contribution in [0.5, 0.6) is 5.75 Å². The summed E-state index contributed by atoms with van der Waals surface area (Å²) < 4.78 is 11.3. The Balaban J connectivity index is 1.75. The zero-order chi connectivity index (χ0) is 22.8. The maximum Gasteiger partial charge on any atom is 0.412 e. The quantitative estimate of drug-likeness (QED) is 0.470. The van der Waals surface area contributed by atoms with Crippen molar-refractivity contribution in [3.05, 3.63) is 87.8 Å². The van der Waals surface area contributed by atoms with Crippen LogP contribution in [0.4, 0.5) is 10.5 Å². The lowest BCUT2D eigenvalue weighted by atomic mass is 10.1. The highest BCUT2D eigenvalue weighted by Crippen LogP contribution is 2.28. The van der Waals surface area contributed by atoms with Crippen LogP contribution in [0.15, 0.2) is 70.0 Å². The third-order valence-corrected chi connectivity index (χ3v) is 5.37. The third-order valence-electron chi connectivity index (χ3n) is 5.37. The highest BCUT2D eigenvalue weighted by Gasteiger charge is 2.20. The summed E-state index contributed by atoms with van der Waals surface area (Å²) in [5.74, 6) is 1.13. The first-order chi connectivity index (χ1) is 15.4. The second-order valence-corrected chi connectivity index (χ2v) is 7.44. The van der Waals surface area contributed by atoms with Crippen LogP contribution >= 0.6 is 0 Å². The largest absolute Gasteiger partial charge is 0.496 e. The number of aryl methyl sites for hydroxylation is 1. The number of nitrogens with zero attached hydrogens (tertiary/aromatic N) is 2. The minimum Gasteiger partial charge on any atom is -0.496 e. The molecule has 2 aromatic carbocycles. The van der Waals surface area contributed by atoms with Crippen molar-refractivity contribution in [3.8, 4) is 17.1 Å². The van der Waals surface area contributed by atoms with E-state index in [-0.39, 0.29) is 12.0 Å². The maximum atomic E-state index is 12.8. The molecule has 7 nitrogen and oxygen atoms in total. The molecule has 2 heterocycles. The molecule has 0 radical (unpaired) electrons. The first-order valence-electron chi connectivity index (χ1n) is 10.0. The Labute approximate surface area is 184 Å². The molecule has 32 heavy (non-hydrogen) atoms. The Morgan fingerprint density at radius 2 is 1.88 bits per heavy atom. The van der Waals surface area contributed by atoms with E-state index >= 15 is 0 Å². The average Bonchev–Trinajstić information content (AvgIpc) is 2.79. The smallest absolute Gasteiger partial charge is 0.412 e. The molecular formula is C25H22N2O5. The molecule has 0 fully saturated rings. The van der Waals surface area contributed by atoms with Gasteiger partial charge in [-0.2, -0.15) is 0 Å². The fourth-order valence-corrected chi connectivity index (χ4v) is 3.71. The molecule has 0 aliphatic rings. The van der Waals surface area contributed by atoms with Crippen molar-refractivity contribution in [1.82, 2.24) is 4.98 Å². The Hall–Kier alpha value is -4.13. The molecule has 0 spiro atoms. The summed E-state index contributed by atoms with van der Waals surface area (Å²) in [6, 6.07) is 15.5. The van der Waals surface area contributed by atoms with Gasteiger partial charge in [-0.1, -0.05) is 30.3 Å². The van der Waals surface area contributed by atoms with Crippen LogP contribution in [0.3, 0.4) is 0 Å². The second kappa shape index (κ2) is 8.55. The van der Waals surface area contributed by atoms with E-state index in [0.717, 1.165) is 21.6 Å². The van der Waals surface area contributed by atoms with Gasteiger partial charge in [0.2, 0.25) is 0 Å². The molecule has 0 saturated carbocycles. The number of aromatic nitrogens is 1. The summed E-state index contributed by atoms with van der Waals surface area (Å²) in [5.41, 5.74) is 3.49. The van der Waals surface area contributed by atoms with E-state index in [1.165, 1.54) is 12.1 Å². The van der Waals surface area contributed by atoms with Crippen LogP contribution in [0.1, 0.15) is 16.8 Å². The van der Waals surface area contributed by atoms with Crippen molar-refractivity contribution in [3.63, 3.8) is 0 Å². The number of carboxylic acid groups (broad SMARTS) is 1. The molecule has 162 valence electrons. The molecule has 0 saturated heterocycles. The van der Waals surface area contributed by atoms with Crippen LogP contribution in [0.25, 0.3) is 22.3 Å². The van der Waals surface area contributed by atoms with Crippen LogP contribution in [0, 0.1) is 13.8 Å². The van der Waals surface area contributed by atoms with E-state index in [9.17, 15) is 14.7 Å². The van der Waals surface area contributed by atoms with Crippen molar-refractivity contribution in [2.45, 2.75) is 20.4 Å². The maximum absolute atomic E-state index is 12.8. The van der Waals surface area contributed by atoms with E-state index in [1.807, 2.05) is 44.2 Å². The monoisotopic (exact) mass is 430 g/mol. The van der Waals surface area contributed by atoms with Gasteiger partial charge in [0.25, 0.3) is 0 Å². The van der Waals surface area contributed by atoms with Crippen LogP contribution in [-0.2, 0) is 6.54 Å². The topological polar surface area (TPSA) is 92.9 Å². The lowest BCUT2D eigenvalue weighted by molar-refractivity contribution is 0.201. The number of benzene rings is 2. The molecule has 0 aliphatic carbocycles. The predicted octanol–water partition coefficient (Wildman–Crippen LogP) is 5.17. The Morgan fingerprint density at radius 1 is 1.12 bits per heavy atom. The van der Waals surface area contributed by atoms with Gasteiger partial charge in [0.15, 0.2) is 5.43 Å². The Kier molecular flexibility index (Phi) is 5.64. The highest BCUT2D eigenvalue weighted by molar-refractivity contribution is 5.90. The van der Waals surface area contributed by atoms with Gasteiger partial charge >= 0.3 is 6.09 Å². The lowest BCUT2D eigenvalue weighted by Gasteiger charge is -2.21. The Bertz CT molecular complexity index is 1360. The van der Waals surface area contributed by atoms with Gasteiger partial charge in [-0.25, -0.2) is 4.79 Å². The Morgan fingerprint density at radius 3 is 2.56 bits per heavy atom. The van der Waals surface area contributed by atoms with Gasteiger partial charge in [-0.3, -0.25) is 14.7 Å². The highest BCUT2D eigenvalue weighted by atomic mass is 16.5. The van der Waals surface area contributed by atoms with Crippen molar-refractivity contribution < 1.29 is 19.1 Å². The summed E-state index contributed by atoms with van der Waals surface area (Å²) in [7, 11) is 1.57. The van der Waals surface area contributed by atoms with E-state index in [2.05, 4.69) is 4.98 Å². The molecule has 4 rings (SSSR count). The van der Waals surface area contributed by atoms with Crippen molar-refractivity contribution in [2.75, 3.05) is 12.0 Å². The SMILES string of the molecule is COc1c(C)cnc(CN(C(=O)O)c2ccc3oc(-c4ccccc4)cc(=O)c3c2)c1C. The molecule has 1 N–H and O–H groups in total. The predicted molar refractivity (Wildman–Crippen MR) is 122 cm³/mol. The van der Waals surface area contributed by atoms with Gasteiger partial charge in [-0.05, 0) is 32.0 Å². The van der Waals surface area contributed by atoms with Crippen molar-refractivity contribution in [2.24, 2.45) is 0 Å². The molecule has 0 aliphatic heterocycles. The minimum absolute atomic E-state index is 0.0107. The number of fused-ring (bicyclic) bond motifs is 1. The van der Waals surface area contributed by atoms with Crippen molar-refractivity contribution in [1.29, 1.82) is 0 Å². The number of pyridine rings is 1. The van der Waals surface area contributed by atoms with Gasteiger partial charge in [-0.15, -0.1) is 0 Å². The molecule has 1 amide bonds. The molecule has 2 aromatic heterocycles. The summed E-state index contributed by atoms with van der Waals surface area (Å²) in [5, 5.41) is 10.2. The molecule has 0 unspecified atom stereocenters. The molecule has 0 bridgehead atoms. The van der Waals surface area contributed by atoms with E-state index in [4.69, 9.17) is 9.15 Å². The summed E-state index contributed by atoms with van der Waals surface area (Å²) in [4.78, 5) is 30.4. The fourth-order valence-electron chi connectivity index (χ4n) is 3.71. The second-order valence-electron chi connectivity index (χ2n) is 7.44. The standard InChI is InChI=1S/C25H22N2O5/c1-15-13-26-20(16(2)24(15)31-3)14-27(25(29)30)18-9-10-22-19(11-18)21(28)12-23(32-22)17-7-5-4-6-8-17/h4-13H,14H2,1-3H3,(H,29,30). The fraction of sp³-hybridized carbons (Fsp3) is 0.160. The molecule has 7 heteroatoms.